The van der Waals surface area contributed by atoms with Gasteiger partial charge in [0.1, 0.15) is 5.75 Å². The molecule has 1 aromatic heterocycles. The number of aryl methyl sites for hydroxylation is 2. The van der Waals surface area contributed by atoms with E-state index in [1.54, 1.807) is 12.4 Å². The second-order valence-electron chi connectivity index (χ2n) is 6.23. The molecule has 2 aromatic rings. The summed E-state index contributed by atoms with van der Waals surface area (Å²) in [6.07, 6.45) is 8.40. The Morgan fingerprint density at radius 2 is 2.08 bits per heavy atom. The number of hydrogen-bond donors (Lipinski definition) is 1. The summed E-state index contributed by atoms with van der Waals surface area (Å²) in [4.78, 5) is 16.4. The molecule has 0 saturated heterocycles. The third-order valence-corrected chi connectivity index (χ3v) is 4.45. The van der Waals surface area contributed by atoms with Crippen LogP contribution in [0, 0.1) is 0 Å². The molecule has 1 atom stereocenters. The van der Waals surface area contributed by atoms with Crippen LogP contribution >= 0.6 is 0 Å². The van der Waals surface area contributed by atoms with E-state index in [2.05, 4.69) is 22.4 Å². The van der Waals surface area contributed by atoms with E-state index >= 15 is 0 Å². The Balaban J connectivity index is 1.60. The predicted molar refractivity (Wildman–Crippen MR) is 93.9 cm³/mol. The lowest BCUT2D eigenvalue weighted by Gasteiger charge is -2.20. The van der Waals surface area contributed by atoms with E-state index in [1.165, 1.54) is 24.0 Å². The van der Waals surface area contributed by atoms with Gasteiger partial charge in [0, 0.05) is 18.9 Å². The van der Waals surface area contributed by atoms with Crippen molar-refractivity contribution in [1.29, 1.82) is 0 Å². The highest BCUT2D eigenvalue weighted by atomic mass is 16.5. The third kappa shape index (κ3) is 4.13. The van der Waals surface area contributed by atoms with Crippen LogP contribution in [0.4, 0.5) is 0 Å². The first-order valence-corrected chi connectivity index (χ1v) is 8.71. The van der Waals surface area contributed by atoms with E-state index in [9.17, 15) is 4.79 Å². The van der Waals surface area contributed by atoms with Crippen LogP contribution in [0.25, 0.3) is 0 Å². The molecular weight excluding hydrogens is 300 g/mol. The molecule has 1 aromatic carbocycles. The molecule has 0 spiro atoms. The zero-order valence-corrected chi connectivity index (χ0v) is 14.1. The minimum absolute atomic E-state index is 0.0842. The first-order chi connectivity index (χ1) is 11.8. The van der Waals surface area contributed by atoms with Crippen LogP contribution in [-0.4, -0.2) is 17.0 Å². The molecular formula is C20H24N2O2. The molecule has 1 aliphatic rings. The van der Waals surface area contributed by atoms with Gasteiger partial charge in [0.05, 0.1) is 0 Å². The average molecular weight is 324 g/mol. The van der Waals surface area contributed by atoms with Crippen molar-refractivity contribution in [2.24, 2.45) is 0 Å². The average Bonchev–Trinajstić information content (AvgIpc) is 2.65. The van der Waals surface area contributed by atoms with Crippen LogP contribution in [0.5, 0.6) is 5.75 Å². The van der Waals surface area contributed by atoms with Crippen molar-refractivity contribution in [3.8, 4) is 5.75 Å². The van der Waals surface area contributed by atoms with E-state index in [0.717, 1.165) is 24.2 Å². The number of pyridine rings is 1. The number of aromatic nitrogens is 1. The SMILES string of the molecule is CC[C@@H](Oc1ccc2c(c1)CCCC2)C(=O)NCc1cccnc1. The second-order valence-corrected chi connectivity index (χ2v) is 6.23. The first kappa shape index (κ1) is 16.5. The normalized spacial score (nSPS) is 14.5. The minimum atomic E-state index is -0.469. The maximum Gasteiger partial charge on any atom is 0.261 e. The molecule has 126 valence electrons. The number of fused-ring (bicyclic) bond motifs is 1. The van der Waals surface area contributed by atoms with E-state index in [-0.39, 0.29) is 5.91 Å². The fraction of sp³-hybridized carbons (Fsp3) is 0.400. The number of carbonyl (C=O) groups excluding carboxylic acids is 1. The van der Waals surface area contributed by atoms with Gasteiger partial charge in [0.15, 0.2) is 6.10 Å². The summed E-state index contributed by atoms with van der Waals surface area (Å²) in [6, 6.07) is 10.0. The molecule has 1 amide bonds. The Kier molecular flexibility index (Phi) is 5.47. The van der Waals surface area contributed by atoms with Crippen LogP contribution in [0.1, 0.15) is 42.9 Å². The van der Waals surface area contributed by atoms with Crippen molar-refractivity contribution in [3.63, 3.8) is 0 Å². The number of nitrogens with one attached hydrogen (secondary N) is 1. The van der Waals surface area contributed by atoms with Crippen molar-refractivity contribution in [2.75, 3.05) is 0 Å². The highest BCUT2D eigenvalue weighted by molar-refractivity contribution is 5.81. The van der Waals surface area contributed by atoms with Gasteiger partial charge in [-0.2, -0.15) is 0 Å². The number of carbonyl (C=O) groups is 1. The molecule has 24 heavy (non-hydrogen) atoms. The number of amides is 1. The molecule has 0 fully saturated rings. The highest BCUT2D eigenvalue weighted by Crippen LogP contribution is 2.26. The van der Waals surface area contributed by atoms with Gasteiger partial charge in [0.2, 0.25) is 0 Å². The molecule has 0 saturated carbocycles. The Morgan fingerprint density at radius 1 is 1.25 bits per heavy atom. The van der Waals surface area contributed by atoms with Crippen LogP contribution < -0.4 is 10.1 Å². The van der Waals surface area contributed by atoms with Crippen molar-refractivity contribution in [1.82, 2.24) is 10.3 Å². The fourth-order valence-corrected chi connectivity index (χ4v) is 3.08. The topological polar surface area (TPSA) is 51.2 Å². The number of nitrogens with zero attached hydrogens (tertiary/aromatic N) is 1. The lowest BCUT2D eigenvalue weighted by Crippen LogP contribution is -2.37. The second kappa shape index (κ2) is 7.95. The zero-order chi connectivity index (χ0) is 16.8. The molecule has 0 bridgehead atoms. The summed E-state index contributed by atoms with van der Waals surface area (Å²) in [6.45, 7) is 2.43. The van der Waals surface area contributed by atoms with E-state index in [4.69, 9.17) is 4.74 Å². The van der Waals surface area contributed by atoms with Gasteiger partial charge in [-0.05, 0) is 67.0 Å². The van der Waals surface area contributed by atoms with Gasteiger partial charge in [-0.25, -0.2) is 0 Å². The lowest BCUT2D eigenvalue weighted by atomic mass is 9.92. The van der Waals surface area contributed by atoms with Crippen molar-refractivity contribution in [3.05, 3.63) is 59.4 Å². The number of hydrogen-bond acceptors (Lipinski definition) is 3. The number of ether oxygens (including phenoxy) is 1. The number of rotatable bonds is 6. The van der Waals surface area contributed by atoms with Gasteiger partial charge in [-0.3, -0.25) is 9.78 Å². The summed E-state index contributed by atoms with van der Waals surface area (Å²) < 4.78 is 5.95. The molecule has 0 aliphatic heterocycles. The summed E-state index contributed by atoms with van der Waals surface area (Å²) in [5.74, 6) is 0.707. The van der Waals surface area contributed by atoms with E-state index in [1.807, 2.05) is 25.1 Å². The maximum absolute atomic E-state index is 12.4. The summed E-state index contributed by atoms with van der Waals surface area (Å²) in [7, 11) is 0. The van der Waals surface area contributed by atoms with Crippen molar-refractivity contribution >= 4 is 5.91 Å². The summed E-state index contributed by atoms with van der Waals surface area (Å²) in [5, 5.41) is 2.93. The third-order valence-electron chi connectivity index (χ3n) is 4.45. The van der Waals surface area contributed by atoms with Crippen LogP contribution in [-0.2, 0) is 24.2 Å². The fourth-order valence-electron chi connectivity index (χ4n) is 3.08. The summed E-state index contributed by atoms with van der Waals surface area (Å²) >= 11 is 0. The summed E-state index contributed by atoms with van der Waals surface area (Å²) in [5.41, 5.74) is 3.77. The highest BCUT2D eigenvalue weighted by Gasteiger charge is 2.19. The quantitative estimate of drug-likeness (QED) is 0.885. The predicted octanol–water partition coefficient (Wildman–Crippen LogP) is 3.43. The molecule has 3 rings (SSSR count). The zero-order valence-electron chi connectivity index (χ0n) is 14.1. The molecule has 1 aliphatic carbocycles. The first-order valence-electron chi connectivity index (χ1n) is 8.71. The van der Waals surface area contributed by atoms with Crippen molar-refractivity contribution < 1.29 is 9.53 Å². The molecule has 4 heteroatoms. The Hall–Kier alpha value is -2.36. The van der Waals surface area contributed by atoms with E-state index < -0.39 is 6.10 Å². The molecule has 4 nitrogen and oxygen atoms in total. The lowest BCUT2D eigenvalue weighted by molar-refractivity contribution is -0.128. The monoisotopic (exact) mass is 324 g/mol. The Labute approximate surface area is 143 Å². The van der Waals surface area contributed by atoms with Gasteiger partial charge in [0.25, 0.3) is 5.91 Å². The number of benzene rings is 1. The largest absolute Gasteiger partial charge is 0.481 e. The van der Waals surface area contributed by atoms with Gasteiger partial charge >= 0.3 is 0 Å². The Morgan fingerprint density at radius 3 is 2.83 bits per heavy atom. The molecule has 0 radical (unpaired) electrons. The van der Waals surface area contributed by atoms with Gasteiger partial charge in [-0.15, -0.1) is 0 Å². The minimum Gasteiger partial charge on any atom is -0.481 e. The van der Waals surface area contributed by atoms with Gasteiger partial charge < -0.3 is 10.1 Å². The van der Waals surface area contributed by atoms with Crippen LogP contribution in [0.2, 0.25) is 0 Å². The molecule has 1 N–H and O–H groups in total. The van der Waals surface area contributed by atoms with Crippen LogP contribution in [0.15, 0.2) is 42.7 Å². The standard InChI is InChI=1S/C20H24N2O2/c1-2-19(20(23)22-14-15-6-5-11-21-13-15)24-18-10-9-16-7-3-4-8-17(16)12-18/h5-6,9-13,19H,2-4,7-8,14H2,1H3,(H,22,23)/t19-/m1/s1. The maximum atomic E-state index is 12.4. The molecule has 0 unspecified atom stereocenters. The van der Waals surface area contributed by atoms with Crippen molar-refractivity contribution in [2.45, 2.75) is 51.7 Å². The Bertz CT molecular complexity index is 685. The molecule has 1 heterocycles. The van der Waals surface area contributed by atoms with Crippen LogP contribution in [0.3, 0.4) is 0 Å². The van der Waals surface area contributed by atoms with E-state index in [0.29, 0.717) is 13.0 Å². The van der Waals surface area contributed by atoms with Gasteiger partial charge in [-0.1, -0.05) is 19.1 Å². The smallest absolute Gasteiger partial charge is 0.261 e.